The van der Waals surface area contributed by atoms with Crippen LogP contribution < -0.4 is 0 Å². The number of amides is 1. The Bertz CT molecular complexity index is 540. The molecule has 0 spiro atoms. The Hall–Kier alpha value is -1.39. The van der Waals surface area contributed by atoms with E-state index in [1.54, 1.807) is 0 Å². The van der Waals surface area contributed by atoms with Gasteiger partial charge in [-0.15, -0.1) is 0 Å². The maximum Gasteiger partial charge on any atom is 0.228 e. The van der Waals surface area contributed by atoms with Crippen LogP contribution in [0.1, 0.15) is 32.3 Å². The second-order valence-corrected chi connectivity index (χ2v) is 7.46. The molecule has 0 unspecified atom stereocenters. The molecule has 0 aromatic heterocycles. The van der Waals surface area contributed by atoms with Gasteiger partial charge in [0, 0.05) is 25.2 Å². The summed E-state index contributed by atoms with van der Waals surface area (Å²) >= 11 is 0. The van der Waals surface area contributed by atoms with Gasteiger partial charge in [0.2, 0.25) is 5.91 Å². The molecule has 0 N–H and O–H groups in total. The van der Waals surface area contributed by atoms with Gasteiger partial charge in [0.15, 0.2) is 0 Å². The van der Waals surface area contributed by atoms with Gasteiger partial charge >= 0.3 is 0 Å². The Morgan fingerprint density at radius 1 is 1.29 bits per heavy atom. The van der Waals surface area contributed by atoms with Gasteiger partial charge in [-0.2, -0.15) is 0 Å². The first-order chi connectivity index (χ1) is 11.6. The maximum absolute atomic E-state index is 13.0. The normalized spacial score (nSPS) is 27.4. The predicted octanol–water partition coefficient (Wildman–Crippen LogP) is 2.58. The largest absolute Gasteiger partial charge is 0.381 e. The summed E-state index contributed by atoms with van der Waals surface area (Å²) < 4.78 is 5.45. The summed E-state index contributed by atoms with van der Waals surface area (Å²) in [6.07, 6.45) is 2.87. The summed E-state index contributed by atoms with van der Waals surface area (Å²) in [5.41, 5.74) is 1.31. The quantitative estimate of drug-likeness (QED) is 0.832. The molecule has 3 rings (SSSR count). The average molecular weight is 330 g/mol. The third kappa shape index (κ3) is 3.65. The van der Waals surface area contributed by atoms with Crippen molar-refractivity contribution in [3.05, 3.63) is 35.9 Å². The van der Waals surface area contributed by atoms with Gasteiger partial charge in [-0.25, -0.2) is 0 Å². The molecule has 4 nitrogen and oxygen atoms in total. The number of carbonyl (C=O) groups excluding carboxylic acids is 1. The van der Waals surface area contributed by atoms with E-state index in [4.69, 9.17) is 4.74 Å². The lowest BCUT2D eigenvalue weighted by Crippen LogP contribution is -2.50. The topological polar surface area (TPSA) is 32.8 Å². The fourth-order valence-electron chi connectivity index (χ4n) is 4.03. The molecule has 0 radical (unpaired) electrons. The highest BCUT2D eigenvalue weighted by Crippen LogP contribution is 2.29. The molecular weight excluding hydrogens is 300 g/mol. The van der Waals surface area contributed by atoms with Crippen molar-refractivity contribution in [1.29, 1.82) is 0 Å². The van der Waals surface area contributed by atoms with Crippen LogP contribution in [0.2, 0.25) is 0 Å². The van der Waals surface area contributed by atoms with E-state index in [2.05, 4.69) is 61.0 Å². The minimum atomic E-state index is 0.0615. The molecule has 2 aliphatic heterocycles. The Kier molecular flexibility index (Phi) is 5.57. The lowest BCUT2D eigenvalue weighted by atomic mass is 9.97. The van der Waals surface area contributed by atoms with Gasteiger partial charge in [-0.3, -0.25) is 9.69 Å². The van der Waals surface area contributed by atoms with Crippen LogP contribution in [0.15, 0.2) is 30.3 Å². The van der Waals surface area contributed by atoms with Crippen molar-refractivity contribution < 1.29 is 9.53 Å². The van der Waals surface area contributed by atoms with E-state index >= 15 is 0 Å². The Morgan fingerprint density at radius 3 is 2.67 bits per heavy atom. The minimum absolute atomic E-state index is 0.0615. The molecule has 132 valence electrons. The fraction of sp³-hybridized carbons (Fsp3) is 0.650. The first kappa shape index (κ1) is 17.4. The van der Waals surface area contributed by atoms with Crippen molar-refractivity contribution in [2.75, 3.05) is 26.8 Å². The zero-order chi connectivity index (χ0) is 17.1. The van der Waals surface area contributed by atoms with Crippen LogP contribution in [0.25, 0.3) is 0 Å². The molecule has 2 saturated heterocycles. The number of hydrogen-bond donors (Lipinski definition) is 0. The van der Waals surface area contributed by atoms with Crippen LogP contribution in [-0.2, 0) is 16.0 Å². The highest BCUT2D eigenvalue weighted by Gasteiger charge is 2.42. The van der Waals surface area contributed by atoms with Crippen LogP contribution in [-0.4, -0.2) is 60.6 Å². The number of benzene rings is 1. The molecule has 1 aromatic carbocycles. The Morgan fingerprint density at radius 2 is 2.04 bits per heavy atom. The molecule has 1 aromatic rings. The van der Waals surface area contributed by atoms with Crippen molar-refractivity contribution in [3.63, 3.8) is 0 Å². The number of rotatable bonds is 5. The van der Waals surface area contributed by atoms with Gasteiger partial charge in [-0.1, -0.05) is 30.3 Å². The second kappa shape index (κ2) is 7.66. The zero-order valence-corrected chi connectivity index (χ0v) is 15.1. The number of carbonyl (C=O) groups is 1. The Labute approximate surface area is 145 Å². The van der Waals surface area contributed by atoms with Crippen molar-refractivity contribution in [3.8, 4) is 0 Å². The molecule has 24 heavy (non-hydrogen) atoms. The van der Waals surface area contributed by atoms with Crippen molar-refractivity contribution in [2.24, 2.45) is 5.92 Å². The first-order valence-corrected chi connectivity index (χ1v) is 9.22. The summed E-state index contributed by atoms with van der Waals surface area (Å²) in [5, 5.41) is 0. The highest BCUT2D eigenvalue weighted by molar-refractivity contribution is 5.80. The lowest BCUT2D eigenvalue weighted by molar-refractivity contribution is -0.136. The molecule has 2 fully saturated rings. The second-order valence-electron chi connectivity index (χ2n) is 7.46. The van der Waals surface area contributed by atoms with Crippen LogP contribution >= 0.6 is 0 Å². The standard InChI is InChI=1S/C20H30N2O2/c1-15(2)21(3)18-9-11-22(20(23)17-10-12-24-14-17)19(18)13-16-7-5-4-6-8-16/h4-8,15,17-19H,9-14H2,1-3H3/t17-,18-,19+/m1/s1. The molecule has 1 amide bonds. The summed E-state index contributed by atoms with van der Waals surface area (Å²) in [6, 6.07) is 11.7. The summed E-state index contributed by atoms with van der Waals surface area (Å²) in [5.74, 6) is 0.361. The molecular formula is C20H30N2O2. The van der Waals surface area contributed by atoms with Crippen LogP contribution in [0.4, 0.5) is 0 Å². The zero-order valence-electron chi connectivity index (χ0n) is 15.1. The van der Waals surface area contributed by atoms with Crippen molar-refractivity contribution in [2.45, 2.75) is 51.2 Å². The maximum atomic E-state index is 13.0. The number of ether oxygens (including phenoxy) is 1. The van der Waals surface area contributed by atoms with E-state index in [-0.39, 0.29) is 12.0 Å². The van der Waals surface area contributed by atoms with Gasteiger partial charge < -0.3 is 9.64 Å². The third-order valence-corrected chi connectivity index (χ3v) is 5.70. The summed E-state index contributed by atoms with van der Waals surface area (Å²) in [6.45, 7) is 6.65. The molecule has 2 aliphatic rings. The predicted molar refractivity (Wildman–Crippen MR) is 95.9 cm³/mol. The van der Waals surface area contributed by atoms with E-state index in [0.29, 0.717) is 24.6 Å². The SMILES string of the molecule is CC(C)N(C)[C@@H]1CCN(C(=O)[C@@H]2CCOC2)[C@H]1Cc1ccccc1. The van der Waals surface area contributed by atoms with E-state index in [0.717, 1.165) is 32.4 Å². The molecule has 3 atom stereocenters. The number of hydrogen-bond acceptors (Lipinski definition) is 3. The molecule has 0 saturated carbocycles. The van der Waals surface area contributed by atoms with Crippen LogP contribution in [0.5, 0.6) is 0 Å². The lowest BCUT2D eigenvalue weighted by Gasteiger charge is -2.36. The van der Waals surface area contributed by atoms with Crippen molar-refractivity contribution >= 4 is 5.91 Å². The minimum Gasteiger partial charge on any atom is -0.381 e. The first-order valence-electron chi connectivity index (χ1n) is 9.22. The smallest absolute Gasteiger partial charge is 0.228 e. The van der Waals surface area contributed by atoms with Crippen LogP contribution in [0.3, 0.4) is 0 Å². The van der Waals surface area contributed by atoms with Gasteiger partial charge in [0.05, 0.1) is 18.6 Å². The fourth-order valence-corrected chi connectivity index (χ4v) is 4.03. The number of nitrogens with zero attached hydrogens (tertiary/aromatic N) is 2. The number of likely N-dealkylation sites (N-methyl/N-ethyl adjacent to an activating group) is 1. The third-order valence-electron chi connectivity index (χ3n) is 5.70. The summed E-state index contributed by atoms with van der Waals surface area (Å²) in [7, 11) is 2.19. The van der Waals surface area contributed by atoms with E-state index in [9.17, 15) is 4.79 Å². The molecule has 0 bridgehead atoms. The van der Waals surface area contributed by atoms with E-state index < -0.39 is 0 Å². The van der Waals surface area contributed by atoms with Gasteiger partial charge in [0.1, 0.15) is 0 Å². The van der Waals surface area contributed by atoms with Crippen LogP contribution in [0, 0.1) is 5.92 Å². The van der Waals surface area contributed by atoms with Gasteiger partial charge in [-0.05, 0) is 45.7 Å². The molecule has 0 aliphatic carbocycles. The highest BCUT2D eigenvalue weighted by atomic mass is 16.5. The van der Waals surface area contributed by atoms with E-state index in [1.807, 2.05) is 0 Å². The summed E-state index contributed by atoms with van der Waals surface area (Å²) in [4.78, 5) is 17.6. The Balaban J connectivity index is 1.80. The van der Waals surface area contributed by atoms with Gasteiger partial charge in [0.25, 0.3) is 0 Å². The average Bonchev–Trinajstić information content (AvgIpc) is 3.24. The monoisotopic (exact) mass is 330 g/mol. The molecule has 2 heterocycles. The van der Waals surface area contributed by atoms with E-state index in [1.165, 1.54) is 5.56 Å². The number of likely N-dealkylation sites (tertiary alicyclic amines) is 1. The molecule has 4 heteroatoms. The van der Waals surface area contributed by atoms with Crippen molar-refractivity contribution in [1.82, 2.24) is 9.80 Å².